The molecule has 4 aromatic rings. The van der Waals surface area contributed by atoms with Crippen LogP contribution in [0, 0.1) is 0 Å². The Morgan fingerprint density at radius 1 is 0.912 bits per heavy atom. The fourth-order valence-electron chi connectivity index (χ4n) is 3.45. The number of hydrogen-bond acceptors (Lipinski definition) is 5. The first-order chi connectivity index (χ1) is 16.6. The third-order valence-electron chi connectivity index (χ3n) is 5.12. The van der Waals surface area contributed by atoms with Crippen molar-refractivity contribution in [3.63, 3.8) is 0 Å². The van der Waals surface area contributed by atoms with Crippen molar-refractivity contribution in [2.75, 3.05) is 11.1 Å². The number of nitrogens with zero attached hydrogens (tertiary/aromatic N) is 4. The number of hydrogen-bond donors (Lipinski definition) is 1. The zero-order valence-electron chi connectivity index (χ0n) is 18.8. The van der Waals surface area contributed by atoms with Crippen LogP contribution in [0.2, 0.25) is 0 Å². The molecule has 0 aliphatic heterocycles. The second kappa shape index (κ2) is 11.3. The van der Waals surface area contributed by atoms with Crippen LogP contribution in [0.15, 0.2) is 96.4 Å². The lowest BCUT2D eigenvalue weighted by Gasteiger charge is -2.23. The lowest BCUT2D eigenvalue weighted by atomic mass is 10.1. The number of carbonyl (C=O) groups is 2. The Morgan fingerprint density at radius 3 is 2.15 bits per heavy atom. The van der Waals surface area contributed by atoms with Gasteiger partial charge in [0.25, 0.3) is 5.91 Å². The van der Waals surface area contributed by atoms with Gasteiger partial charge in [0.2, 0.25) is 5.91 Å². The van der Waals surface area contributed by atoms with Crippen molar-refractivity contribution in [2.45, 2.75) is 18.2 Å². The van der Waals surface area contributed by atoms with E-state index < -0.39 is 0 Å². The highest BCUT2D eigenvalue weighted by molar-refractivity contribution is 7.99. The van der Waals surface area contributed by atoms with Crippen LogP contribution in [0.1, 0.15) is 21.5 Å². The molecule has 34 heavy (non-hydrogen) atoms. The summed E-state index contributed by atoms with van der Waals surface area (Å²) in [6, 6.07) is 26.9. The van der Waals surface area contributed by atoms with E-state index in [1.54, 1.807) is 35.2 Å². The fraction of sp³-hybridized carbons (Fsp3) is 0.154. The molecule has 4 rings (SSSR count). The minimum atomic E-state index is -0.178. The molecule has 172 valence electrons. The molecule has 7 nitrogen and oxygen atoms in total. The third-order valence-corrected chi connectivity index (χ3v) is 6.15. The summed E-state index contributed by atoms with van der Waals surface area (Å²) in [6.45, 7) is 0.971. The van der Waals surface area contributed by atoms with Gasteiger partial charge < -0.3 is 14.8 Å². The van der Waals surface area contributed by atoms with Crippen LogP contribution in [0.4, 0.5) is 5.69 Å². The van der Waals surface area contributed by atoms with E-state index in [9.17, 15) is 9.59 Å². The predicted molar refractivity (Wildman–Crippen MR) is 133 cm³/mol. The van der Waals surface area contributed by atoms with Crippen LogP contribution >= 0.6 is 11.8 Å². The third kappa shape index (κ3) is 6.32. The Bertz CT molecular complexity index is 1200. The van der Waals surface area contributed by atoms with Gasteiger partial charge in [-0.25, -0.2) is 0 Å². The fourth-order valence-corrected chi connectivity index (χ4v) is 4.14. The molecule has 0 bridgehead atoms. The van der Waals surface area contributed by atoms with Crippen molar-refractivity contribution in [1.29, 1.82) is 0 Å². The van der Waals surface area contributed by atoms with E-state index in [1.807, 2.05) is 72.6 Å². The second-order valence-electron chi connectivity index (χ2n) is 7.77. The number of aromatic nitrogens is 3. The van der Waals surface area contributed by atoms with E-state index in [2.05, 4.69) is 15.5 Å². The van der Waals surface area contributed by atoms with Gasteiger partial charge in [0, 0.05) is 31.4 Å². The molecule has 0 saturated heterocycles. The van der Waals surface area contributed by atoms with Crippen LogP contribution < -0.4 is 5.32 Å². The minimum Gasteiger partial charge on any atom is -0.330 e. The number of amides is 2. The summed E-state index contributed by atoms with van der Waals surface area (Å²) in [5, 5.41) is 11.3. The highest BCUT2D eigenvalue weighted by Crippen LogP contribution is 2.18. The number of carbonyl (C=O) groups excluding carboxylic acids is 2. The highest BCUT2D eigenvalue weighted by atomic mass is 32.2. The van der Waals surface area contributed by atoms with Crippen LogP contribution in [-0.4, -0.2) is 37.2 Å². The number of benzene rings is 3. The van der Waals surface area contributed by atoms with E-state index in [1.165, 1.54) is 11.8 Å². The first kappa shape index (κ1) is 23.3. The zero-order chi connectivity index (χ0) is 23.8. The SMILES string of the molecule is Cn1cnnc1SCC(=O)Nc1cccc(C(=O)N(Cc2ccccc2)Cc2ccccc2)c1. The monoisotopic (exact) mass is 471 g/mol. The number of nitrogens with one attached hydrogen (secondary N) is 1. The number of thioether (sulfide) groups is 1. The molecule has 2 amide bonds. The number of anilines is 1. The van der Waals surface area contributed by atoms with Gasteiger partial charge in [0.05, 0.1) is 5.75 Å². The average molecular weight is 472 g/mol. The van der Waals surface area contributed by atoms with Crippen molar-refractivity contribution >= 4 is 29.3 Å². The first-order valence-corrected chi connectivity index (χ1v) is 11.8. The molecular weight excluding hydrogens is 446 g/mol. The molecule has 0 saturated carbocycles. The molecule has 0 spiro atoms. The summed E-state index contributed by atoms with van der Waals surface area (Å²) >= 11 is 1.30. The minimum absolute atomic E-state index is 0.0998. The molecule has 0 unspecified atom stereocenters. The van der Waals surface area contributed by atoms with Crippen molar-refractivity contribution in [3.8, 4) is 0 Å². The summed E-state index contributed by atoms with van der Waals surface area (Å²) in [5.41, 5.74) is 3.20. The molecular formula is C26H25N5O2S. The van der Waals surface area contributed by atoms with Crippen molar-refractivity contribution in [3.05, 3.63) is 108 Å². The molecule has 0 atom stereocenters. The standard InChI is InChI=1S/C26H25N5O2S/c1-30-19-27-29-26(30)34-18-24(32)28-23-14-8-13-22(15-23)25(33)31(16-20-9-4-2-5-10-20)17-21-11-6-3-7-12-21/h2-15,19H,16-18H2,1H3,(H,28,32). The van der Waals surface area contributed by atoms with Crippen LogP contribution in [0.25, 0.3) is 0 Å². The maximum Gasteiger partial charge on any atom is 0.254 e. The van der Waals surface area contributed by atoms with E-state index >= 15 is 0 Å². The van der Waals surface area contributed by atoms with Gasteiger partial charge in [-0.2, -0.15) is 0 Å². The predicted octanol–water partition coefficient (Wildman–Crippen LogP) is 4.39. The lowest BCUT2D eigenvalue weighted by Crippen LogP contribution is -2.30. The smallest absolute Gasteiger partial charge is 0.254 e. The van der Waals surface area contributed by atoms with E-state index in [0.717, 1.165) is 11.1 Å². The maximum absolute atomic E-state index is 13.5. The van der Waals surface area contributed by atoms with Crippen LogP contribution in [0.3, 0.4) is 0 Å². The molecule has 0 fully saturated rings. The summed E-state index contributed by atoms with van der Waals surface area (Å²) in [5.74, 6) is -0.0842. The van der Waals surface area contributed by atoms with Crippen molar-refractivity contribution in [1.82, 2.24) is 19.7 Å². The Balaban J connectivity index is 1.47. The quantitative estimate of drug-likeness (QED) is 0.366. The lowest BCUT2D eigenvalue weighted by molar-refractivity contribution is -0.113. The first-order valence-electron chi connectivity index (χ1n) is 10.8. The molecule has 0 aliphatic carbocycles. The Morgan fingerprint density at radius 2 is 1.56 bits per heavy atom. The van der Waals surface area contributed by atoms with E-state index in [4.69, 9.17) is 0 Å². The highest BCUT2D eigenvalue weighted by Gasteiger charge is 2.18. The van der Waals surface area contributed by atoms with Crippen molar-refractivity contribution < 1.29 is 9.59 Å². The van der Waals surface area contributed by atoms with Gasteiger partial charge in [-0.05, 0) is 29.3 Å². The summed E-state index contributed by atoms with van der Waals surface area (Å²) in [4.78, 5) is 27.7. The van der Waals surface area contributed by atoms with Crippen molar-refractivity contribution in [2.24, 2.45) is 7.05 Å². The summed E-state index contributed by atoms with van der Waals surface area (Å²) < 4.78 is 1.76. The van der Waals surface area contributed by atoms with Crippen LogP contribution in [0.5, 0.6) is 0 Å². The number of rotatable bonds is 9. The average Bonchev–Trinajstić information content (AvgIpc) is 3.28. The van der Waals surface area contributed by atoms with Gasteiger partial charge in [-0.3, -0.25) is 9.59 Å². The summed E-state index contributed by atoms with van der Waals surface area (Å²) in [7, 11) is 1.83. The maximum atomic E-state index is 13.5. The van der Waals surface area contributed by atoms with E-state index in [-0.39, 0.29) is 17.6 Å². The molecule has 3 aromatic carbocycles. The molecule has 8 heteroatoms. The zero-order valence-corrected chi connectivity index (χ0v) is 19.6. The Hall–Kier alpha value is -3.91. The summed E-state index contributed by atoms with van der Waals surface area (Å²) in [6.07, 6.45) is 1.59. The molecule has 0 aliphatic rings. The Kier molecular flexibility index (Phi) is 7.72. The second-order valence-corrected chi connectivity index (χ2v) is 8.72. The largest absolute Gasteiger partial charge is 0.330 e. The van der Waals surface area contributed by atoms with Gasteiger partial charge >= 0.3 is 0 Å². The molecule has 1 heterocycles. The van der Waals surface area contributed by atoms with Gasteiger partial charge in [-0.1, -0.05) is 78.5 Å². The Labute approximate surface area is 202 Å². The normalized spacial score (nSPS) is 10.6. The molecule has 0 radical (unpaired) electrons. The van der Waals surface area contributed by atoms with Gasteiger partial charge in [0.15, 0.2) is 5.16 Å². The van der Waals surface area contributed by atoms with Gasteiger partial charge in [0.1, 0.15) is 6.33 Å². The number of aryl methyl sites for hydroxylation is 1. The van der Waals surface area contributed by atoms with E-state index in [0.29, 0.717) is 29.5 Å². The molecule has 1 N–H and O–H groups in total. The van der Waals surface area contributed by atoms with Crippen LogP contribution in [-0.2, 0) is 24.9 Å². The topological polar surface area (TPSA) is 80.1 Å². The molecule has 1 aromatic heterocycles. The van der Waals surface area contributed by atoms with Gasteiger partial charge in [-0.15, -0.1) is 10.2 Å².